The molecule has 1 aliphatic carbocycles. The van der Waals surface area contributed by atoms with Crippen molar-refractivity contribution in [1.29, 1.82) is 0 Å². The summed E-state index contributed by atoms with van der Waals surface area (Å²) in [6, 6.07) is 12.3. The lowest BCUT2D eigenvalue weighted by molar-refractivity contribution is 0.443. The van der Waals surface area contributed by atoms with E-state index in [4.69, 9.17) is 0 Å². The quantitative estimate of drug-likeness (QED) is 0.622. The van der Waals surface area contributed by atoms with Crippen LogP contribution >= 0.6 is 0 Å². The van der Waals surface area contributed by atoms with Crippen LogP contribution in [0.2, 0.25) is 0 Å². The van der Waals surface area contributed by atoms with E-state index in [1.165, 1.54) is 30.9 Å². The fraction of sp³-hybridized carbons (Fsp3) is 0.348. The SMILES string of the molecule is Cn1ccnc1C(NS(=O)(=O)c1ccc(C2CCCCC2)cc1)c1ccccc1F. The summed E-state index contributed by atoms with van der Waals surface area (Å²) in [5, 5.41) is 0. The van der Waals surface area contributed by atoms with Crippen LogP contribution in [0.3, 0.4) is 0 Å². The maximum atomic E-state index is 14.5. The Morgan fingerprint density at radius 2 is 1.77 bits per heavy atom. The second-order valence-corrected chi connectivity index (χ2v) is 9.59. The Morgan fingerprint density at radius 3 is 2.40 bits per heavy atom. The molecule has 0 aliphatic heterocycles. The van der Waals surface area contributed by atoms with E-state index in [-0.39, 0.29) is 10.5 Å². The minimum Gasteiger partial charge on any atom is -0.336 e. The minimum absolute atomic E-state index is 0.164. The van der Waals surface area contributed by atoms with Gasteiger partial charge in [-0.15, -0.1) is 0 Å². The van der Waals surface area contributed by atoms with E-state index < -0.39 is 21.9 Å². The molecule has 1 aliphatic rings. The van der Waals surface area contributed by atoms with Crippen LogP contribution in [0.25, 0.3) is 0 Å². The molecule has 1 fully saturated rings. The number of benzene rings is 2. The summed E-state index contributed by atoms with van der Waals surface area (Å²) in [4.78, 5) is 4.42. The molecule has 30 heavy (non-hydrogen) atoms. The normalized spacial score (nSPS) is 16.5. The standard InChI is InChI=1S/C23H26FN3O2S/c1-27-16-15-25-23(27)22(20-9-5-6-10-21(20)24)26-30(28,29)19-13-11-18(12-14-19)17-7-3-2-4-8-17/h5-6,9-17,22,26H,2-4,7-8H2,1H3. The zero-order chi connectivity index (χ0) is 21.1. The molecule has 4 rings (SSSR count). The van der Waals surface area contributed by atoms with Gasteiger partial charge in [-0.3, -0.25) is 0 Å². The fourth-order valence-electron chi connectivity index (χ4n) is 4.20. The van der Waals surface area contributed by atoms with Crippen LogP contribution in [-0.4, -0.2) is 18.0 Å². The first-order valence-corrected chi connectivity index (χ1v) is 11.8. The van der Waals surface area contributed by atoms with Gasteiger partial charge in [-0.05, 0) is 42.5 Å². The first-order chi connectivity index (χ1) is 14.5. The van der Waals surface area contributed by atoms with Crippen molar-refractivity contribution >= 4 is 10.0 Å². The van der Waals surface area contributed by atoms with E-state index in [1.807, 2.05) is 12.1 Å². The molecule has 1 aromatic heterocycles. The fourth-order valence-corrected chi connectivity index (χ4v) is 5.37. The van der Waals surface area contributed by atoms with E-state index >= 15 is 0 Å². The van der Waals surface area contributed by atoms with Gasteiger partial charge in [0.15, 0.2) is 0 Å². The number of imidazole rings is 1. The molecule has 1 atom stereocenters. The third-order valence-corrected chi connectivity index (χ3v) is 7.31. The Labute approximate surface area is 177 Å². The minimum atomic E-state index is -3.88. The van der Waals surface area contributed by atoms with Gasteiger partial charge in [0, 0.05) is 25.0 Å². The average Bonchev–Trinajstić information content (AvgIpc) is 3.19. The molecule has 2 aromatic carbocycles. The Bertz CT molecular complexity index is 1100. The van der Waals surface area contributed by atoms with Crippen LogP contribution in [-0.2, 0) is 17.1 Å². The molecule has 158 valence electrons. The molecule has 0 saturated heterocycles. The number of rotatable bonds is 6. The van der Waals surface area contributed by atoms with Gasteiger partial charge in [0.25, 0.3) is 0 Å². The van der Waals surface area contributed by atoms with E-state index in [0.29, 0.717) is 11.7 Å². The molecule has 5 nitrogen and oxygen atoms in total. The summed E-state index contributed by atoms with van der Waals surface area (Å²) in [5.41, 5.74) is 1.41. The van der Waals surface area contributed by atoms with Gasteiger partial charge in [0.2, 0.25) is 10.0 Å². The van der Waals surface area contributed by atoms with Crippen LogP contribution < -0.4 is 4.72 Å². The zero-order valence-corrected chi connectivity index (χ0v) is 17.8. The van der Waals surface area contributed by atoms with Crippen molar-refractivity contribution in [2.24, 2.45) is 7.05 Å². The molecule has 3 aromatic rings. The first-order valence-electron chi connectivity index (χ1n) is 10.3. The third kappa shape index (κ3) is 4.32. The van der Waals surface area contributed by atoms with Gasteiger partial charge in [-0.1, -0.05) is 49.6 Å². The van der Waals surface area contributed by atoms with Gasteiger partial charge < -0.3 is 4.57 Å². The summed E-state index contributed by atoms with van der Waals surface area (Å²) in [6.45, 7) is 0. The van der Waals surface area contributed by atoms with Crippen LogP contribution in [0.1, 0.15) is 61.0 Å². The zero-order valence-electron chi connectivity index (χ0n) is 17.0. The van der Waals surface area contributed by atoms with E-state index in [0.717, 1.165) is 12.8 Å². The maximum Gasteiger partial charge on any atom is 0.241 e. The highest BCUT2D eigenvalue weighted by Crippen LogP contribution is 2.33. The molecule has 0 amide bonds. The van der Waals surface area contributed by atoms with Crippen molar-refractivity contribution in [3.63, 3.8) is 0 Å². The number of hydrogen-bond acceptors (Lipinski definition) is 3. The third-order valence-electron chi connectivity index (χ3n) is 5.87. The lowest BCUT2D eigenvalue weighted by Crippen LogP contribution is -2.31. The Kier molecular flexibility index (Phi) is 6.01. The highest BCUT2D eigenvalue weighted by Gasteiger charge is 2.28. The Morgan fingerprint density at radius 1 is 1.07 bits per heavy atom. The number of aryl methyl sites for hydroxylation is 1. The number of hydrogen-bond donors (Lipinski definition) is 1. The van der Waals surface area contributed by atoms with E-state index in [2.05, 4.69) is 9.71 Å². The van der Waals surface area contributed by atoms with Crippen LogP contribution in [0.15, 0.2) is 65.8 Å². The predicted molar refractivity (Wildman–Crippen MR) is 114 cm³/mol. The molecule has 1 saturated carbocycles. The summed E-state index contributed by atoms with van der Waals surface area (Å²) < 4.78 is 45.2. The number of sulfonamides is 1. The van der Waals surface area contributed by atoms with Crippen molar-refractivity contribution in [2.75, 3.05) is 0 Å². The van der Waals surface area contributed by atoms with Crippen molar-refractivity contribution in [3.05, 3.63) is 83.7 Å². The van der Waals surface area contributed by atoms with Crippen LogP contribution in [0, 0.1) is 5.82 Å². The van der Waals surface area contributed by atoms with E-state index in [1.54, 1.807) is 54.3 Å². The van der Waals surface area contributed by atoms with Crippen molar-refractivity contribution < 1.29 is 12.8 Å². The number of halogens is 1. The number of nitrogens with one attached hydrogen (secondary N) is 1. The molecule has 0 radical (unpaired) electrons. The summed E-state index contributed by atoms with van der Waals surface area (Å²) in [5.74, 6) is 0.436. The molecule has 1 N–H and O–H groups in total. The Balaban J connectivity index is 1.64. The molecule has 7 heteroatoms. The topological polar surface area (TPSA) is 64.0 Å². The molecule has 1 heterocycles. The molecule has 0 spiro atoms. The van der Waals surface area contributed by atoms with Crippen LogP contribution in [0.4, 0.5) is 4.39 Å². The highest BCUT2D eigenvalue weighted by molar-refractivity contribution is 7.89. The van der Waals surface area contributed by atoms with Gasteiger partial charge in [0.05, 0.1) is 4.90 Å². The van der Waals surface area contributed by atoms with Gasteiger partial charge in [-0.25, -0.2) is 17.8 Å². The van der Waals surface area contributed by atoms with Crippen LogP contribution in [0.5, 0.6) is 0 Å². The molecule has 1 unspecified atom stereocenters. The van der Waals surface area contributed by atoms with Crippen molar-refractivity contribution in [2.45, 2.75) is 49.0 Å². The lowest BCUT2D eigenvalue weighted by Gasteiger charge is -2.22. The summed E-state index contributed by atoms with van der Waals surface area (Å²) >= 11 is 0. The monoisotopic (exact) mass is 427 g/mol. The second kappa shape index (κ2) is 8.70. The van der Waals surface area contributed by atoms with Crippen molar-refractivity contribution in [1.82, 2.24) is 14.3 Å². The van der Waals surface area contributed by atoms with E-state index in [9.17, 15) is 12.8 Å². The predicted octanol–water partition coefficient (Wildman–Crippen LogP) is 4.67. The maximum absolute atomic E-state index is 14.5. The first kappa shape index (κ1) is 20.8. The van der Waals surface area contributed by atoms with Gasteiger partial charge in [0.1, 0.15) is 17.7 Å². The number of nitrogens with zero attached hydrogens (tertiary/aromatic N) is 2. The second-order valence-electron chi connectivity index (χ2n) is 7.88. The summed E-state index contributed by atoms with van der Waals surface area (Å²) in [6.07, 6.45) is 9.29. The molecular weight excluding hydrogens is 401 g/mol. The summed E-state index contributed by atoms with van der Waals surface area (Å²) in [7, 11) is -2.13. The highest BCUT2D eigenvalue weighted by atomic mass is 32.2. The average molecular weight is 428 g/mol. The lowest BCUT2D eigenvalue weighted by atomic mass is 9.84. The van der Waals surface area contributed by atoms with Gasteiger partial charge >= 0.3 is 0 Å². The smallest absolute Gasteiger partial charge is 0.241 e. The number of aromatic nitrogens is 2. The molecule has 0 bridgehead atoms. The van der Waals surface area contributed by atoms with Gasteiger partial charge in [-0.2, -0.15) is 4.72 Å². The Hall–Kier alpha value is -2.51. The van der Waals surface area contributed by atoms with Crippen molar-refractivity contribution in [3.8, 4) is 0 Å². The molecular formula is C23H26FN3O2S. The largest absolute Gasteiger partial charge is 0.336 e.